The summed E-state index contributed by atoms with van der Waals surface area (Å²) >= 11 is 0. The molecule has 0 heterocycles. The van der Waals surface area contributed by atoms with Crippen LogP contribution < -0.4 is 10.6 Å². The van der Waals surface area contributed by atoms with E-state index in [1.807, 2.05) is 38.1 Å². The second-order valence-electron chi connectivity index (χ2n) is 4.59. The number of carbonyl (C=O) groups is 1. The van der Waals surface area contributed by atoms with Crippen LogP contribution in [0.1, 0.15) is 16.7 Å². The van der Waals surface area contributed by atoms with Crippen LogP contribution in [0.3, 0.4) is 0 Å². The summed E-state index contributed by atoms with van der Waals surface area (Å²) in [5.41, 5.74) is 4.09. The minimum Gasteiger partial charge on any atom is -0.308 e. The van der Waals surface area contributed by atoms with Crippen LogP contribution in [-0.2, 0) is 0 Å². The third-order valence-corrected chi connectivity index (χ3v) is 2.91. The molecule has 0 radical (unpaired) electrons. The average Bonchev–Trinajstić information content (AvgIpc) is 2.43. The number of hydrogen-bond acceptors (Lipinski definition) is 2. The first-order valence-corrected chi connectivity index (χ1v) is 6.24. The molecule has 4 nitrogen and oxygen atoms in total. The van der Waals surface area contributed by atoms with Gasteiger partial charge in [0.05, 0.1) is 11.6 Å². The third kappa shape index (κ3) is 3.36. The number of amides is 2. The zero-order valence-corrected chi connectivity index (χ0v) is 11.4. The van der Waals surface area contributed by atoms with Gasteiger partial charge in [-0.05, 0) is 55.3 Å². The Morgan fingerprint density at radius 1 is 1.05 bits per heavy atom. The molecule has 2 aromatic rings. The number of rotatable bonds is 2. The van der Waals surface area contributed by atoms with Crippen LogP contribution in [0.15, 0.2) is 42.5 Å². The summed E-state index contributed by atoms with van der Waals surface area (Å²) in [6.45, 7) is 3.92. The van der Waals surface area contributed by atoms with E-state index in [4.69, 9.17) is 5.26 Å². The summed E-state index contributed by atoms with van der Waals surface area (Å²) in [5.74, 6) is 0. The maximum atomic E-state index is 11.9. The molecular weight excluding hydrogens is 250 g/mol. The van der Waals surface area contributed by atoms with Gasteiger partial charge in [-0.15, -0.1) is 0 Å². The maximum absolute atomic E-state index is 11.9. The zero-order chi connectivity index (χ0) is 14.5. The normalized spacial score (nSPS) is 9.65. The molecule has 0 aliphatic heterocycles. The largest absolute Gasteiger partial charge is 0.323 e. The molecule has 2 amide bonds. The number of hydrogen-bond donors (Lipinski definition) is 2. The third-order valence-electron chi connectivity index (χ3n) is 2.91. The van der Waals surface area contributed by atoms with Crippen molar-refractivity contribution in [3.63, 3.8) is 0 Å². The van der Waals surface area contributed by atoms with Gasteiger partial charge in [0.1, 0.15) is 0 Å². The molecule has 20 heavy (non-hydrogen) atoms. The molecular formula is C16H15N3O. The van der Waals surface area contributed by atoms with Crippen molar-refractivity contribution in [2.45, 2.75) is 13.8 Å². The summed E-state index contributed by atoms with van der Waals surface area (Å²) in [5, 5.41) is 14.3. The van der Waals surface area contributed by atoms with E-state index in [1.54, 1.807) is 24.3 Å². The second-order valence-corrected chi connectivity index (χ2v) is 4.59. The molecule has 0 bridgehead atoms. The molecule has 100 valence electrons. The van der Waals surface area contributed by atoms with E-state index < -0.39 is 0 Å². The summed E-state index contributed by atoms with van der Waals surface area (Å²) < 4.78 is 0. The Balaban J connectivity index is 2.05. The smallest absolute Gasteiger partial charge is 0.308 e. The lowest BCUT2D eigenvalue weighted by atomic mass is 10.1. The van der Waals surface area contributed by atoms with E-state index >= 15 is 0 Å². The van der Waals surface area contributed by atoms with E-state index in [-0.39, 0.29) is 6.03 Å². The van der Waals surface area contributed by atoms with E-state index in [1.165, 1.54) is 0 Å². The van der Waals surface area contributed by atoms with Gasteiger partial charge in [-0.2, -0.15) is 5.26 Å². The predicted molar refractivity (Wildman–Crippen MR) is 79.7 cm³/mol. The van der Waals surface area contributed by atoms with Crippen molar-refractivity contribution < 1.29 is 4.79 Å². The van der Waals surface area contributed by atoms with Crippen molar-refractivity contribution in [1.82, 2.24) is 0 Å². The highest BCUT2D eigenvalue weighted by Crippen LogP contribution is 2.17. The first-order valence-electron chi connectivity index (χ1n) is 6.24. The minimum absolute atomic E-state index is 0.302. The lowest BCUT2D eigenvalue weighted by Crippen LogP contribution is -2.20. The lowest BCUT2D eigenvalue weighted by molar-refractivity contribution is 0.262. The molecule has 0 unspecified atom stereocenters. The number of nitrogens with one attached hydrogen (secondary N) is 2. The minimum atomic E-state index is -0.302. The molecule has 4 heteroatoms. The Morgan fingerprint density at radius 2 is 1.75 bits per heavy atom. The molecule has 0 saturated heterocycles. The SMILES string of the molecule is Cc1ccc(C)c(NC(=O)Nc2ccc(C#N)cc2)c1. The van der Waals surface area contributed by atoms with E-state index in [0.29, 0.717) is 11.3 Å². The average molecular weight is 265 g/mol. The molecule has 0 saturated carbocycles. The van der Waals surface area contributed by atoms with Gasteiger partial charge < -0.3 is 10.6 Å². The first-order chi connectivity index (χ1) is 9.58. The van der Waals surface area contributed by atoms with Crippen LogP contribution in [0, 0.1) is 25.2 Å². The van der Waals surface area contributed by atoms with Gasteiger partial charge in [0.2, 0.25) is 0 Å². The fourth-order valence-electron chi connectivity index (χ4n) is 1.78. The summed E-state index contributed by atoms with van der Waals surface area (Å²) in [6, 6.07) is 14.3. The van der Waals surface area contributed by atoms with Gasteiger partial charge in [-0.25, -0.2) is 4.79 Å². The Kier molecular flexibility index (Phi) is 4.02. The number of nitriles is 1. The van der Waals surface area contributed by atoms with Crippen LogP contribution >= 0.6 is 0 Å². The highest BCUT2D eigenvalue weighted by molar-refractivity contribution is 6.00. The van der Waals surface area contributed by atoms with Crippen molar-refractivity contribution in [2.75, 3.05) is 10.6 Å². The quantitative estimate of drug-likeness (QED) is 0.866. The molecule has 0 atom stereocenters. The monoisotopic (exact) mass is 265 g/mol. The molecule has 2 N–H and O–H groups in total. The summed E-state index contributed by atoms with van der Waals surface area (Å²) in [6.07, 6.45) is 0. The number of urea groups is 1. The van der Waals surface area contributed by atoms with Crippen molar-refractivity contribution in [3.05, 3.63) is 59.2 Å². The summed E-state index contributed by atoms with van der Waals surface area (Å²) in [4.78, 5) is 11.9. The predicted octanol–water partition coefficient (Wildman–Crippen LogP) is 3.82. The number of anilines is 2. The Labute approximate surface area is 118 Å². The van der Waals surface area contributed by atoms with Crippen LogP contribution in [0.25, 0.3) is 0 Å². The molecule has 0 aliphatic carbocycles. The van der Waals surface area contributed by atoms with Gasteiger partial charge >= 0.3 is 6.03 Å². The van der Waals surface area contributed by atoms with Crippen LogP contribution in [0.4, 0.5) is 16.2 Å². The fraction of sp³-hybridized carbons (Fsp3) is 0.125. The number of nitrogens with zero attached hydrogens (tertiary/aromatic N) is 1. The molecule has 2 rings (SSSR count). The van der Waals surface area contributed by atoms with Gasteiger partial charge in [0.25, 0.3) is 0 Å². The first kappa shape index (κ1) is 13.6. The maximum Gasteiger partial charge on any atom is 0.323 e. The van der Waals surface area contributed by atoms with Crippen molar-refractivity contribution >= 4 is 17.4 Å². The molecule has 0 aliphatic rings. The molecule has 0 spiro atoms. The van der Waals surface area contributed by atoms with Crippen molar-refractivity contribution in [3.8, 4) is 6.07 Å². The van der Waals surface area contributed by atoms with Gasteiger partial charge in [0.15, 0.2) is 0 Å². The molecule has 0 aromatic heterocycles. The number of carbonyl (C=O) groups excluding carboxylic acids is 1. The number of aryl methyl sites for hydroxylation is 2. The molecule has 2 aromatic carbocycles. The van der Waals surface area contributed by atoms with Crippen molar-refractivity contribution in [1.29, 1.82) is 5.26 Å². The van der Waals surface area contributed by atoms with Crippen molar-refractivity contribution in [2.24, 2.45) is 0 Å². The Bertz CT molecular complexity index is 669. The van der Waals surface area contributed by atoms with Crippen LogP contribution in [0.2, 0.25) is 0 Å². The topological polar surface area (TPSA) is 64.9 Å². The van der Waals surface area contributed by atoms with Crippen LogP contribution in [-0.4, -0.2) is 6.03 Å². The van der Waals surface area contributed by atoms with Gasteiger partial charge in [-0.1, -0.05) is 12.1 Å². The standard InChI is InChI=1S/C16H15N3O/c1-11-3-4-12(2)15(9-11)19-16(20)18-14-7-5-13(10-17)6-8-14/h3-9H,1-2H3,(H2,18,19,20). The highest BCUT2D eigenvalue weighted by atomic mass is 16.2. The second kappa shape index (κ2) is 5.89. The fourth-order valence-corrected chi connectivity index (χ4v) is 1.78. The summed E-state index contributed by atoms with van der Waals surface area (Å²) in [7, 11) is 0. The number of benzene rings is 2. The zero-order valence-electron chi connectivity index (χ0n) is 11.4. The van der Waals surface area contributed by atoms with E-state index in [2.05, 4.69) is 10.6 Å². The van der Waals surface area contributed by atoms with Gasteiger partial charge in [-0.3, -0.25) is 0 Å². The lowest BCUT2D eigenvalue weighted by Gasteiger charge is -2.10. The van der Waals surface area contributed by atoms with Gasteiger partial charge in [0, 0.05) is 11.4 Å². The molecule has 0 fully saturated rings. The van der Waals surface area contributed by atoms with E-state index in [9.17, 15) is 4.79 Å². The van der Waals surface area contributed by atoms with E-state index in [0.717, 1.165) is 16.8 Å². The Morgan fingerprint density at radius 3 is 2.40 bits per heavy atom. The van der Waals surface area contributed by atoms with Crippen LogP contribution in [0.5, 0.6) is 0 Å². The highest BCUT2D eigenvalue weighted by Gasteiger charge is 2.05. The Hall–Kier alpha value is -2.80.